The molecule has 0 aromatic carbocycles. The Balaban J connectivity index is 0. The molecule has 19 heavy (non-hydrogen) atoms. The molecule has 0 radical (unpaired) electrons. The van der Waals surface area contributed by atoms with Gasteiger partial charge in [0, 0.05) is 5.75 Å². The average molecular weight is 302 g/mol. The van der Waals surface area contributed by atoms with Crippen molar-refractivity contribution in [1.82, 2.24) is 0 Å². The fraction of sp³-hybridized carbons (Fsp3) is 1.00. The van der Waals surface area contributed by atoms with Crippen LogP contribution >= 0.6 is 0 Å². The molecule has 0 amide bonds. The van der Waals surface area contributed by atoms with Gasteiger partial charge in [0.05, 0.1) is 16.2 Å². The molecule has 4 nitrogen and oxygen atoms in total. The van der Waals surface area contributed by atoms with E-state index in [1.165, 1.54) is 25.7 Å². The van der Waals surface area contributed by atoms with Crippen LogP contribution in [0.5, 0.6) is 0 Å². The number of rotatable bonds is 12. The van der Waals surface area contributed by atoms with Crippen LogP contribution in [0.15, 0.2) is 0 Å². The van der Waals surface area contributed by atoms with Crippen LogP contribution in [-0.4, -0.2) is 29.9 Å². The van der Waals surface area contributed by atoms with Gasteiger partial charge < -0.3 is 9.66 Å². The zero-order chi connectivity index (χ0) is 13.9. The molecular formula is C13H27NaO4S. The van der Waals surface area contributed by atoms with E-state index in [4.69, 9.17) is 5.11 Å². The molecule has 1 atom stereocenters. The summed E-state index contributed by atoms with van der Waals surface area (Å²) >= 11 is 0. The molecule has 6 heteroatoms. The van der Waals surface area contributed by atoms with Gasteiger partial charge in [0.25, 0.3) is 0 Å². The Bertz CT molecular complexity index is 278. The van der Waals surface area contributed by atoms with Crippen molar-refractivity contribution in [2.75, 3.05) is 5.75 Å². The molecular weight excluding hydrogens is 275 g/mol. The predicted molar refractivity (Wildman–Crippen MR) is 72.4 cm³/mol. The van der Waals surface area contributed by atoms with Crippen molar-refractivity contribution in [2.45, 2.75) is 77.2 Å². The van der Waals surface area contributed by atoms with E-state index in [0.717, 1.165) is 32.1 Å². The third-order valence-electron chi connectivity index (χ3n) is 3.02. The first-order valence-corrected chi connectivity index (χ1v) is 8.61. The Morgan fingerprint density at radius 2 is 1.26 bits per heavy atom. The van der Waals surface area contributed by atoms with Crippen molar-refractivity contribution >= 4 is 10.1 Å². The van der Waals surface area contributed by atoms with E-state index in [-0.39, 0.29) is 41.4 Å². The Hall–Kier alpha value is 0.870. The topological polar surface area (TPSA) is 77.4 Å². The second kappa shape index (κ2) is 13.8. The first-order chi connectivity index (χ1) is 8.42. The normalized spacial score (nSPS) is 13.0. The van der Waals surface area contributed by atoms with E-state index in [1.807, 2.05) is 6.92 Å². The molecule has 0 spiro atoms. The third kappa shape index (κ3) is 21.3. The monoisotopic (exact) mass is 302 g/mol. The van der Waals surface area contributed by atoms with Crippen LogP contribution in [0.3, 0.4) is 0 Å². The molecule has 0 aromatic rings. The molecule has 0 saturated heterocycles. The van der Waals surface area contributed by atoms with Crippen molar-refractivity contribution in [3.8, 4) is 0 Å². The summed E-state index contributed by atoms with van der Waals surface area (Å²) in [6, 6.07) is 0. The van der Waals surface area contributed by atoms with Crippen LogP contribution in [0.1, 0.15) is 71.1 Å². The molecule has 110 valence electrons. The number of aliphatic hydroxyl groups is 1. The number of hydrogen-bond acceptors (Lipinski definition) is 4. The van der Waals surface area contributed by atoms with Gasteiger partial charge in [0.15, 0.2) is 0 Å². The quantitative estimate of drug-likeness (QED) is 0.308. The van der Waals surface area contributed by atoms with Gasteiger partial charge in [-0.1, -0.05) is 51.4 Å². The van der Waals surface area contributed by atoms with E-state index < -0.39 is 10.1 Å². The van der Waals surface area contributed by atoms with Crippen molar-refractivity contribution in [1.29, 1.82) is 0 Å². The zero-order valence-corrected chi connectivity index (χ0v) is 15.3. The standard InChI is InChI=1S/C13H28O4S.Na/c1-13(14)11-9-7-5-3-2-4-6-8-10-12-18(15,16)17;/h13-14H,2-12H2,1H3,(H,15,16,17);/q;+1/p-1. The molecule has 0 aromatic heterocycles. The summed E-state index contributed by atoms with van der Waals surface area (Å²) in [6.45, 7) is 1.82. The van der Waals surface area contributed by atoms with Crippen LogP contribution in [0, 0.1) is 0 Å². The van der Waals surface area contributed by atoms with Crippen LogP contribution in [0.4, 0.5) is 0 Å². The van der Waals surface area contributed by atoms with Crippen LogP contribution < -0.4 is 29.6 Å². The Morgan fingerprint density at radius 1 is 0.895 bits per heavy atom. The summed E-state index contributed by atoms with van der Waals surface area (Å²) < 4.78 is 31.0. The van der Waals surface area contributed by atoms with Gasteiger partial charge in [0.1, 0.15) is 0 Å². The van der Waals surface area contributed by atoms with Gasteiger partial charge in [-0.05, 0) is 19.8 Å². The Kier molecular flexibility index (Phi) is 16.1. The average Bonchev–Trinajstić information content (AvgIpc) is 2.24. The van der Waals surface area contributed by atoms with E-state index in [9.17, 15) is 13.0 Å². The van der Waals surface area contributed by atoms with Crippen LogP contribution in [0.25, 0.3) is 0 Å². The second-order valence-corrected chi connectivity index (χ2v) is 6.61. The van der Waals surface area contributed by atoms with E-state index >= 15 is 0 Å². The number of aliphatic hydroxyl groups excluding tert-OH is 1. The molecule has 0 saturated carbocycles. The number of unbranched alkanes of at least 4 members (excludes halogenated alkanes) is 8. The Morgan fingerprint density at radius 3 is 1.63 bits per heavy atom. The molecule has 0 aliphatic rings. The summed E-state index contributed by atoms with van der Waals surface area (Å²) in [6.07, 6.45) is 10.1. The van der Waals surface area contributed by atoms with Gasteiger partial charge in [0.2, 0.25) is 0 Å². The van der Waals surface area contributed by atoms with E-state index in [2.05, 4.69) is 0 Å². The van der Waals surface area contributed by atoms with Gasteiger partial charge >= 0.3 is 29.6 Å². The molecule has 0 aliphatic heterocycles. The first-order valence-electron chi connectivity index (χ1n) is 7.03. The van der Waals surface area contributed by atoms with Gasteiger partial charge in [-0.15, -0.1) is 0 Å². The zero-order valence-electron chi connectivity index (χ0n) is 12.4. The summed E-state index contributed by atoms with van der Waals surface area (Å²) in [7, 11) is -4.01. The van der Waals surface area contributed by atoms with E-state index in [0.29, 0.717) is 6.42 Å². The molecule has 1 N–H and O–H groups in total. The maximum atomic E-state index is 10.3. The molecule has 0 heterocycles. The molecule has 0 bridgehead atoms. The smallest absolute Gasteiger partial charge is 0.748 e. The Labute approximate surface area is 140 Å². The molecule has 1 unspecified atom stereocenters. The van der Waals surface area contributed by atoms with Gasteiger partial charge in [-0.2, -0.15) is 0 Å². The summed E-state index contributed by atoms with van der Waals surface area (Å²) in [4.78, 5) is 0. The summed E-state index contributed by atoms with van der Waals surface area (Å²) in [5.41, 5.74) is 0. The predicted octanol–water partition coefficient (Wildman–Crippen LogP) is -0.183. The van der Waals surface area contributed by atoms with Crippen molar-refractivity contribution in [3.63, 3.8) is 0 Å². The van der Waals surface area contributed by atoms with Gasteiger partial charge in [-0.25, -0.2) is 8.42 Å². The minimum absolute atomic E-state index is 0. The molecule has 0 rings (SSSR count). The largest absolute Gasteiger partial charge is 1.00 e. The fourth-order valence-electron chi connectivity index (χ4n) is 1.96. The minimum atomic E-state index is -4.01. The maximum Gasteiger partial charge on any atom is 1.00 e. The number of hydrogen-bond donors (Lipinski definition) is 1. The first kappa shape index (κ1) is 22.2. The van der Waals surface area contributed by atoms with Crippen LogP contribution in [0.2, 0.25) is 0 Å². The molecule has 0 aliphatic carbocycles. The minimum Gasteiger partial charge on any atom is -0.748 e. The molecule has 0 fully saturated rings. The van der Waals surface area contributed by atoms with Crippen molar-refractivity contribution < 1.29 is 47.6 Å². The summed E-state index contributed by atoms with van der Waals surface area (Å²) in [5.74, 6) is -0.216. The van der Waals surface area contributed by atoms with Gasteiger partial charge in [-0.3, -0.25) is 0 Å². The summed E-state index contributed by atoms with van der Waals surface area (Å²) in [5, 5.41) is 9.07. The van der Waals surface area contributed by atoms with Crippen molar-refractivity contribution in [3.05, 3.63) is 0 Å². The SMILES string of the molecule is CC(O)CCCCCCCCCCCS(=O)(=O)[O-].[Na+]. The van der Waals surface area contributed by atoms with E-state index in [1.54, 1.807) is 0 Å². The maximum absolute atomic E-state index is 10.3. The van der Waals surface area contributed by atoms with Crippen molar-refractivity contribution in [2.24, 2.45) is 0 Å². The second-order valence-electron chi connectivity index (χ2n) is 5.08. The van der Waals surface area contributed by atoms with Crippen LogP contribution in [-0.2, 0) is 10.1 Å². The fourth-order valence-corrected chi connectivity index (χ4v) is 2.51. The third-order valence-corrected chi connectivity index (χ3v) is 3.80.